The highest BCUT2D eigenvalue weighted by atomic mass is 16.6. The van der Waals surface area contributed by atoms with Crippen LogP contribution in [-0.2, 0) is 20.9 Å². The number of hydrogen-bond donors (Lipinski definition) is 2. The van der Waals surface area contributed by atoms with Crippen LogP contribution in [0.15, 0.2) is 54.6 Å². The SMILES string of the molecule is C#Cc1ccc(C(C(=O)NCc2ccccc2)N(C(=O)C(CC(C)C)NC(=O)OC(C)(C)C)C2CC2C)cc1. The lowest BCUT2D eigenvalue weighted by Crippen LogP contribution is -2.54. The molecule has 0 aliphatic heterocycles. The van der Waals surface area contributed by atoms with E-state index >= 15 is 0 Å². The Balaban J connectivity index is 1.98. The zero-order chi connectivity index (χ0) is 28.7. The van der Waals surface area contributed by atoms with Gasteiger partial charge in [0.25, 0.3) is 0 Å². The molecule has 2 aromatic rings. The molecule has 7 heteroatoms. The lowest BCUT2D eigenvalue weighted by Gasteiger charge is -2.35. The van der Waals surface area contributed by atoms with E-state index in [1.54, 1.807) is 49.9 Å². The monoisotopic (exact) mass is 531 g/mol. The maximum Gasteiger partial charge on any atom is 0.408 e. The first-order valence-corrected chi connectivity index (χ1v) is 13.6. The van der Waals surface area contributed by atoms with E-state index in [-0.39, 0.29) is 29.7 Å². The van der Waals surface area contributed by atoms with Gasteiger partial charge in [0.2, 0.25) is 11.8 Å². The Morgan fingerprint density at radius 3 is 2.21 bits per heavy atom. The highest BCUT2D eigenvalue weighted by Crippen LogP contribution is 2.41. The summed E-state index contributed by atoms with van der Waals surface area (Å²) in [6, 6.07) is 14.9. The summed E-state index contributed by atoms with van der Waals surface area (Å²) in [4.78, 5) is 42.5. The van der Waals surface area contributed by atoms with Crippen LogP contribution in [0.1, 0.15) is 77.1 Å². The van der Waals surface area contributed by atoms with E-state index in [9.17, 15) is 14.4 Å². The van der Waals surface area contributed by atoms with Crippen molar-refractivity contribution >= 4 is 17.9 Å². The van der Waals surface area contributed by atoms with Gasteiger partial charge >= 0.3 is 6.09 Å². The minimum absolute atomic E-state index is 0.118. The first kappa shape index (κ1) is 29.8. The van der Waals surface area contributed by atoms with Gasteiger partial charge in [-0.25, -0.2) is 4.79 Å². The maximum absolute atomic E-state index is 14.3. The van der Waals surface area contributed by atoms with E-state index in [0.717, 1.165) is 12.0 Å². The van der Waals surface area contributed by atoms with Gasteiger partial charge in [-0.2, -0.15) is 0 Å². The van der Waals surface area contributed by atoms with Crippen molar-refractivity contribution in [3.05, 3.63) is 71.3 Å². The molecule has 0 saturated heterocycles. The van der Waals surface area contributed by atoms with Crippen LogP contribution in [0, 0.1) is 24.2 Å². The zero-order valence-corrected chi connectivity index (χ0v) is 23.9. The number of rotatable bonds is 10. The molecule has 7 nitrogen and oxygen atoms in total. The molecule has 1 saturated carbocycles. The number of alkyl carbamates (subject to hydrolysis) is 1. The average molecular weight is 532 g/mol. The molecule has 1 fully saturated rings. The van der Waals surface area contributed by atoms with Crippen LogP contribution in [0.2, 0.25) is 0 Å². The van der Waals surface area contributed by atoms with Crippen LogP contribution in [0.4, 0.5) is 4.79 Å². The molecule has 1 aliphatic rings. The largest absolute Gasteiger partial charge is 0.444 e. The summed E-state index contributed by atoms with van der Waals surface area (Å²) in [5.41, 5.74) is 1.59. The van der Waals surface area contributed by atoms with Crippen molar-refractivity contribution in [1.29, 1.82) is 0 Å². The number of hydrogen-bond acceptors (Lipinski definition) is 4. The second-order valence-corrected chi connectivity index (χ2v) is 11.7. The van der Waals surface area contributed by atoms with Crippen molar-refractivity contribution in [1.82, 2.24) is 15.5 Å². The summed E-state index contributed by atoms with van der Waals surface area (Å²) in [7, 11) is 0. The maximum atomic E-state index is 14.3. The molecule has 39 heavy (non-hydrogen) atoms. The number of nitrogens with one attached hydrogen (secondary N) is 2. The quantitative estimate of drug-likeness (QED) is 0.413. The number of amides is 3. The Kier molecular flexibility index (Phi) is 9.80. The lowest BCUT2D eigenvalue weighted by molar-refractivity contribution is -0.143. The Bertz CT molecular complexity index is 1180. The molecule has 0 spiro atoms. The lowest BCUT2D eigenvalue weighted by atomic mass is 9.98. The molecule has 208 valence electrons. The topological polar surface area (TPSA) is 87.7 Å². The number of carbonyl (C=O) groups is 3. The number of carbonyl (C=O) groups excluding carboxylic acids is 3. The number of nitrogens with zero attached hydrogens (tertiary/aromatic N) is 1. The van der Waals surface area contributed by atoms with E-state index in [0.29, 0.717) is 24.1 Å². The van der Waals surface area contributed by atoms with Crippen molar-refractivity contribution in [2.45, 2.75) is 84.7 Å². The molecule has 4 unspecified atom stereocenters. The molecule has 0 heterocycles. The normalized spacial score (nSPS) is 17.9. The Labute approximate surface area is 232 Å². The van der Waals surface area contributed by atoms with E-state index in [4.69, 9.17) is 11.2 Å². The van der Waals surface area contributed by atoms with Gasteiger partial charge in [0.05, 0.1) is 0 Å². The highest BCUT2D eigenvalue weighted by molar-refractivity contribution is 5.92. The third kappa shape index (κ3) is 8.61. The Morgan fingerprint density at radius 1 is 1.08 bits per heavy atom. The van der Waals surface area contributed by atoms with Gasteiger partial charge in [0.15, 0.2) is 0 Å². The first-order valence-electron chi connectivity index (χ1n) is 13.6. The summed E-state index contributed by atoms with van der Waals surface area (Å²) in [6.07, 6.45) is 6.09. The van der Waals surface area contributed by atoms with Crippen molar-refractivity contribution in [3.63, 3.8) is 0 Å². The summed E-state index contributed by atoms with van der Waals surface area (Å²) in [5, 5.41) is 5.82. The molecule has 1 aliphatic carbocycles. The summed E-state index contributed by atoms with van der Waals surface area (Å²) < 4.78 is 5.46. The molecule has 3 rings (SSSR count). The fourth-order valence-corrected chi connectivity index (χ4v) is 4.58. The summed E-state index contributed by atoms with van der Waals surface area (Å²) >= 11 is 0. The molecule has 0 aromatic heterocycles. The minimum Gasteiger partial charge on any atom is -0.444 e. The number of benzene rings is 2. The molecule has 4 atom stereocenters. The molecule has 2 aromatic carbocycles. The number of ether oxygens (including phenoxy) is 1. The predicted octanol–water partition coefficient (Wildman–Crippen LogP) is 5.20. The van der Waals surface area contributed by atoms with Gasteiger partial charge in [-0.3, -0.25) is 9.59 Å². The van der Waals surface area contributed by atoms with E-state index in [1.165, 1.54) is 0 Å². The van der Waals surface area contributed by atoms with Gasteiger partial charge in [-0.1, -0.05) is 69.2 Å². The minimum atomic E-state index is -0.891. The van der Waals surface area contributed by atoms with Gasteiger partial charge in [0, 0.05) is 18.2 Å². The predicted molar refractivity (Wildman–Crippen MR) is 152 cm³/mol. The second-order valence-electron chi connectivity index (χ2n) is 11.7. The summed E-state index contributed by atoms with van der Waals surface area (Å²) in [5.74, 6) is 2.35. The van der Waals surface area contributed by atoms with Crippen LogP contribution >= 0.6 is 0 Å². The van der Waals surface area contributed by atoms with Crippen LogP contribution in [0.3, 0.4) is 0 Å². The fraction of sp³-hybridized carbons (Fsp3) is 0.469. The van der Waals surface area contributed by atoms with E-state index in [1.807, 2.05) is 44.2 Å². The number of terminal acetylenes is 1. The van der Waals surface area contributed by atoms with Crippen LogP contribution in [-0.4, -0.2) is 40.5 Å². The fourth-order valence-electron chi connectivity index (χ4n) is 4.58. The van der Waals surface area contributed by atoms with Gasteiger partial charge in [-0.05, 0) is 68.7 Å². The molecule has 0 radical (unpaired) electrons. The average Bonchev–Trinajstić information content (AvgIpc) is 3.60. The third-order valence-corrected chi connectivity index (χ3v) is 6.60. The summed E-state index contributed by atoms with van der Waals surface area (Å²) in [6.45, 7) is 11.7. The molecule has 0 bridgehead atoms. The molecular weight excluding hydrogens is 490 g/mol. The van der Waals surface area contributed by atoms with Gasteiger partial charge in [-0.15, -0.1) is 6.42 Å². The van der Waals surface area contributed by atoms with Crippen LogP contribution < -0.4 is 10.6 Å². The Hall–Kier alpha value is -3.79. The van der Waals surface area contributed by atoms with Gasteiger partial charge in [0.1, 0.15) is 17.7 Å². The zero-order valence-electron chi connectivity index (χ0n) is 23.9. The molecule has 2 N–H and O–H groups in total. The van der Waals surface area contributed by atoms with Crippen molar-refractivity contribution in [2.24, 2.45) is 11.8 Å². The smallest absolute Gasteiger partial charge is 0.408 e. The Morgan fingerprint density at radius 2 is 1.69 bits per heavy atom. The second kappa shape index (κ2) is 12.8. The van der Waals surface area contributed by atoms with Crippen LogP contribution in [0.5, 0.6) is 0 Å². The molecule has 3 amide bonds. The van der Waals surface area contributed by atoms with Gasteiger partial charge < -0.3 is 20.3 Å². The highest BCUT2D eigenvalue weighted by Gasteiger charge is 2.48. The van der Waals surface area contributed by atoms with E-state index in [2.05, 4.69) is 23.5 Å². The van der Waals surface area contributed by atoms with E-state index < -0.39 is 23.8 Å². The standard InChI is InChI=1S/C32H41N3O4/c1-8-23-14-16-25(17-15-23)28(29(36)33-20-24-12-10-9-11-13-24)35(27-19-22(27)4)30(37)26(18-21(2)3)34-31(38)39-32(5,6)7/h1,9-17,21-22,26-28H,18-20H2,2-7H3,(H,33,36)(H,34,38). The first-order chi connectivity index (χ1) is 18.4. The van der Waals surface area contributed by atoms with Crippen LogP contribution in [0.25, 0.3) is 0 Å². The van der Waals surface area contributed by atoms with Crippen molar-refractivity contribution in [2.75, 3.05) is 0 Å². The third-order valence-electron chi connectivity index (χ3n) is 6.60. The molecular formula is C32H41N3O4. The van der Waals surface area contributed by atoms with Crippen molar-refractivity contribution in [3.8, 4) is 12.3 Å². The van der Waals surface area contributed by atoms with Crippen molar-refractivity contribution < 1.29 is 19.1 Å².